The number of hydrogen-bond acceptors (Lipinski definition) is 3. The van der Waals surface area contributed by atoms with Crippen LogP contribution in [0, 0.1) is 11.8 Å². The first-order chi connectivity index (χ1) is 7.36. The lowest BCUT2D eigenvalue weighted by molar-refractivity contribution is -0.163. The Labute approximate surface area is 98.5 Å². The van der Waals surface area contributed by atoms with Crippen LogP contribution in [0.4, 0.5) is 0 Å². The van der Waals surface area contributed by atoms with Crippen LogP contribution in [0.2, 0.25) is 0 Å². The summed E-state index contributed by atoms with van der Waals surface area (Å²) in [5.41, 5.74) is -0.372. The molecule has 1 rings (SSSR count). The zero-order valence-corrected chi connectivity index (χ0v) is 11.1. The molecule has 0 aromatic rings. The van der Waals surface area contributed by atoms with Gasteiger partial charge in [0.1, 0.15) is 5.60 Å². The lowest BCUT2D eigenvalue weighted by Gasteiger charge is -2.41. The Kier molecular flexibility index (Phi) is 4.36. The van der Waals surface area contributed by atoms with Crippen LogP contribution >= 0.6 is 0 Å². The molecule has 94 valence electrons. The minimum Gasteiger partial charge on any atom is -0.460 e. The van der Waals surface area contributed by atoms with E-state index in [1.165, 1.54) is 6.92 Å². The van der Waals surface area contributed by atoms with Crippen LogP contribution in [0.15, 0.2) is 0 Å². The SMILES string of the molecule is COC1CC(C(C)(C)OC(C)=O)CCC1C. The Balaban J connectivity index is 2.63. The lowest BCUT2D eigenvalue weighted by atomic mass is 9.73. The zero-order chi connectivity index (χ0) is 12.3. The van der Waals surface area contributed by atoms with Gasteiger partial charge in [0.15, 0.2) is 0 Å². The van der Waals surface area contributed by atoms with Crippen LogP contribution < -0.4 is 0 Å². The molecule has 1 aliphatic rings. The fourth-order valence-corrected chi connectivity index (χ4v) is 2.69. The monoisotopic (exact) mass is 228 g/mol. The van der Waals surface area contributed by atoms with E-state index in [9.17, 15) is 4.79 Å². The first-order valence-electron chi connectivity index (χ1n) is 6.09. The normalized spacial score (nSPS) is 31.2. The lowest BCUT2D eigenvalue weighted by Crippen LogP contribution is -2.42. The van der Waals surface area contributed by atoms with Gasteiger partial charge in [0.25, 0.3) is 0 Å². The molecule has 0 saturated heterocycles. The molecule has 0 amide bonds. The van der Waals surface area contributed by atoms with E-state index >= 15 is 0 Å². The van der Waals surface area contributed by atoms with Crippen molar-refractivity contribution in [3.8, 4) is 0 Å². The highest BCUT2D eigenvalue weighted by Gasteiger charge is 2.38. The Hall–Kier alpha value is -0.570. The molecule has 0 bridgehead atoms. The third-order valence-corrected chi connectivity index (χ3v) is 3.81. The highest BCUT2D eigenvalue weighted by molar-refractivity contribution is 5.66. The molecular formula is C13H24O3. The average Bonchev–Trinajstić information content (AvgIpc) is 2.16. The predicted octanol–water partition coefficient (Wildman–Crippen LogP) is 2.78. The number of carbonyl (C=O) groups is 1. The van der Waals surface area contributed by atoms with Gasteiger partial charge in [-0.1, -0.05) is 6.92 Å². The molecule has 3 unspecified atom stereocenters. The predicted molar refractivity (Wildman–Crippen MR) is 63.1 cm³/mol. The molecular weight excluding hydrogens is 204 g/mol. The van der Waals surface area contributed by atoms with Gasteiger partial charge >= 0.3 is 5.97 Å². The highest BCUT2D eigenvalue weighted by Crippen LogP contribution is 2.38. The van der Waals surface area contributed by atoms with Crippen molar-refractivity contribution in [2.24, 2.45) is 11.8 Å². The first kappa shape index (κ1) is 13.5. The second-order valence-corrected chi connectivity index (χ2v) is 5.46. The van der Waals surface area contributed by atoms with Gasteiger partial charge in [0.05, 0.1) is 6.10 Å². The van der Waals surface area contributed by atoms with Gasteiger partial charge in [-0.3, -0.25) is 4.79 Å². The van der Waals surface area contributed by atoms with Gasteiger partial charge in [0, 0.05) is 20.0 Å². The van der Waals surface area contributed by atoms with Crippen molar-refractivity contribution in [1.29, 1.82) is 0 Å². The molecule has 1 saturated carbocycles. The Bertz CT molecular complexity index is 248. The van der Waals surface area contributed by atoms with Gasteiger partial charge < -0.3 is 9.47 Å². The van der Waals surface area contributed by atoms with E-state index in [1.807, 2.05) is 13.8 Å². The van der Waals surface area contributed by atoms with Crippen LogP contribution in [0.25, 0.3) is 0 Å². The van der Waals surface area contributed by atoms with Crippen LogP contribution in [0.5, 0.6) is 0 Å². The number of rotatable bonds is 3. The van der Waals surface area contributed by atoms with Crippen molar-refractivity contribution in [1.82, 2.24) is 0 Å². The fourth-order valence-electron chi connectivity index (χ4n) is 2.69. The van der Waals surface area contributed by atoms with Crippen molar-refractivity contribution < 1.29 is 14.3 Å². The van der Waals surface area contributed by atoms with Crippen LogP contribution in [0.3, 0.4) is 0 Å². The highest BCUT2D eigenvalue weighted by atomic mass is 16.6. The van der Waals surface area contributed by atoms with Crippen molar-refractivity contribution in [2.45, 2.75) is 58.7 Å². The van der Waals surface area contributed by atoms with E-state index in [2.05, 4.69) is 6.92 Å². The topological polar surface area (TPSA) is 35.5 Å². The summed E-state index contributed by atoms with van der Waals surface area (Å²) >= 11 is 0. The molecule has 3 heteroatoms. The molecule has 16 heavy (non-hydrogen) atoms. The number of carbonyl (C=O) groups excluding carboxylic acids is 1. The number of methoxy groups -OCH3 is 1. The molecule has 0 radical (unpaired) electrons. The Morgan fingerprint density at radius 1 is 1.31 bits per heavy atom. The van der Waals surface area contributed by atoms with Crippen LogP contribution in [-0.4, -0.2) is 24.8 Å². The minimum absolute atomic E-state index is 0.197. The number of hydrogen-bond donors (Lipinski definition) is 0. The summed E-state index contributed by atoms with van der Waals surface area (Å²) in [6.45, 7) is 7.70. The van der Waals surface area contributed by atoms with Gasteiger partial charge in [0.2, 0.25) is 0 Å². The van der Waals surface area contributed by atoms with E-state index in [1.54, 1.807) is 7.11 Å². The molecule has 0 N–H and O–H groups in total. The van der Waals surface area contributed by atoms with Crippen LogP contribution in [-0.2, 0) is 14.3 Å². The van der Waals surface area contributed by atoms with Crippen molar-refractivity contribution >= 4 is 5.97 Å². The second kappa shape index (κ2) is 5.17. The summed E-state index contributed by atoms with van der Waals surface area (Å²) < 4.78 is 10.9. The number of esters is 1. The third kappa shape index (κ3) is 3.21. The Morgan fingerprint density at radius 2 is 1.94 bits per heavy atom. The van der Waals surface area contributed by atoms with E-state index in [0.29, 0.717) is 17.9 Å². The average molecular weight is 228 g/mol. The summed E-state index contributed by atoms with van der Waals surface area (Å²) in [5, 5.41) is 0. The summed E-state index contributed by atoms with van der Waals surface area (Å²) in [7, 11) is 1.77. The van der Waals surface area contributed by atoms with Crippen LogP contribution in [0.1, 0.15) is 47.0 Å². The van der Waals surface area contributed by atoms with Crippen molar-refractivity contribution in [3.05, 3.63) is 0 Å². The molecule has 1 aliphatic carbocycles. The van der Waals surface area contributed by atoms with Gasteiger partial charge in [-0.05, 0) is 39.0 Å². The molecule has 0 aliphatic heterocycles. The van der Waals surface area contributed by atoms with Crippen molar-refractivity contribution in [2.75, 3.05) is 7.11 Å². The summed E-state index contributed by atoms with van der Waals surface area (Å²) in [6.07, 6.45) is 3.54. The third-order valence-electron chi connectivity index (χ3n) is 3.81. The van der Waals surface area contributed by atoms with Gasteiger partial charge in [-0.25, -0.2) is 0 Å². The fraction of sp³-hybridized carbons (Fsp3) is 0.923. The largest absolute Gasteiger partial charge is 0.460 e. The summed E-state index contributed by atoms with van der Waals surface area (Å²) in [4.78, 5) is 11.1. The molecule has 0 aromatic carbocycles. The van der Waals surface area contributed by atoms with Gasteiger partial charge in [-0.2, -0.15) is 0 Å². The quantitative estimate of drug-likeness (QED) is 0.697. The molecule has 3 nitrogen and oxygen atoms in total. The smallest absolute Gasteiger partial charge is 0.303 e. The van der Waals surface area contributed by atoms with Gasteiger partial charge in [-0.15, -0.1) is 0 Å². The minimum atomic E-state index is -0.372. The molecule has 0 spiro atoms. The van der Waals surface area contributed by atoms with E-state index in [-0.39, 0.29) is 11.6 Å². The standard InChI is InChI=1S/C13H24O3/c1-9-6-7-11(8-12(9)15-5)13(3,4)16-10(2)14/h9,11-12H,6-8H2,1-5H3. The van der Waals surface area contributed by atoms with E-state index in [4.69, 9.17) is 9.47 Å². The maximum atomic E-state index is 11.1. The Morgan fingerprint density at radius 3 is 2.44 bits per heavy atom. The number of ether oxygens (including phenoxy) is 2. The zero-order valence-electron chi connectivity index (χ0n) is 11.1. The summed E-state index contributed by atoms with van der Waals surface area (Å²) in [5.74, 6) is 0.810. The van der Waals surface area contributed by atoms with E-state index in [0.717, 1.165) is 19.3 Å². The van der Waals surface area contributed by atoms with E-state index < -0.39 is 0 Å². The molecule has 0 heterocycles. The molecule has 3 atom stereocenters. The first-order valence-corrected chi connectivity index (χ1v) is 6.09. The summed E-state index contributed by atoms with van der Waals surface area (Å²) in [6, 6.07) is 0. The molecule has 0 aromatic heterocycles. The second-order valence-electron chi connectivity index (χ2n) is 5.46. The maximum absolute atomic E-state index is 11.1. The van der Waals surface area contributed by atoms with Crippen molar-refractivity contribution in [3.63, 3.8) is 0 Å². The molecule has 1 fully saturated rings. The maximum Gasteiger partial charge on any atom is 0.303 e.